The number of hydrogen-bond donors (Lipinski definition) is 1. The third-order valence-electron chi connectivity index (χ3n) is 3.31. The maximum atomic E-state index is 5.86. The fraction of sp³-hybridized carbons (Fsp3) is 1.00. The molecule has 0 aromatic carbocycles. The van der Waals surface area contributed by atoms with E-state index in [1.54, 1.807) is 0 Å². The Kier molecular flexibility index (Phi) is 3.42. The van der Waals surface area contributed by atoms with Crippen molar-refractivity contribution in [3.05, 3.63) is 0 Å². The maximum absolute atomic E-state index is 5.86. The minimum absolute atomic E-state index is 0.0337. The van der Waals surface area contributed by atoms with Crippen LogP contribution >= 0.6 is 0 Å². The fourth-order valence-electron chi connectivity index (χ4n) is 2.33. The molecule has 1 N–H and O–H groups in total. The Bertz CT molecular complexity index is 180. The van der Waals surface area contributed by atoms with Crippen LogP contribution in [0.5, 0.6) is 0 Å². The third kappa shape index (κ3) is 1.95. The van der Waals surface area contributed by atoms with Crippen LogP contribution < -0.4 is 5.32 Å². The van der Waals surface area contributed by atoms with Crippen molar-refractivity contribution in [2.75, 3.05) is 26.4 Å². The SMILES string of the molecule is CCCCCC1NCCOC12COC2. The van der Waals surface area contributed by atoms with Gasteiger partial charge in [-0.05, 0) is 6.42 Å². The highest BCUT2D eigenvalue weighted by Crippen LogP contribution is 2.30. The zero-order valence-electron chi connectivity index (χ0n) is 9.05. The summed E-state index contributed by atoms with van der Waals surface area (Å²) in [7, 11) is 0. The van der Waals surface area contributed by atoms with Crippen LogP contribution in [0.15, 0.2) is 0 Å². The van der Waals surface area contributed by atoms with Crippen molar-refractivity contribution >= 4 is 0 Å². The van der Waals surface area contributed by atoms with Gasteiger partial charge >= 0.3 is 0 Å². The largest absolute Gasteiger partial charge is 0.375 e. The second kappa shape index (κ2) is 4.60. The molecule has 1 atom stereocenters. The normalized spacial score (nSPS) is 30.2. The minimum atomic E-state index is 0.0337. The predicted octanol–water partition coefficient (Wildman–Crippen LogP) is 1.32. The molecule has 0 radical (unpaired) electrons. The van der Waals surface area contributed by atoms with E-state index < -0.39 is 0 Å². The first kappa shape index (κ1) is 10.4. The Balaban J connectivity index is 1.81. The maximum Gasteiger partial charge on any atom is 0.130 e. The summed E-state index contributed by atoms with van der Waals surface area (Å²) in [6.07, 6.45) is 5.16. The average Bonchev–Trinajstić information content (AvgIpc) is 2.17. The summed E-state index contributed by atoms with van der Waals surface area (Å²) in [5, 5.41) is 3.57. The molecule has 0 amide bonds. The van der Waals surface area contributed by atoms with Gasteiger partial charge in [0.2, 0.25) is 0 Å². The van der Waals surface area contributed by atoms with E-state index in [4.69, 9.17) is 9.47 Å². The van der Waals surface area contributed by atoms with Gasteiger partial charge < -0.3 is 14.8 Å². The van der Waals surface area contributed by atoms with Crippen LogP contribution in [0.2, 0.25) is 0 Å². The Morgan fingerprint density at radius 1 is 1.36 bits per heavy atom. The van der Waals surface area contributed by atoms with Crippen LogP contribution in [0, 0.1) is 0 Å². The highest BCUT2D eigenvalue weighted by molar-refractivity contribution is 5.00. The zero-order valence-corrected chi connectivity index (χ0v) is 9.05. The molecule has 0 aromatic heterocycles. The van der Waals surface area contributed by atoms with Crippen LogP contribution in [0.4, 0.5) is 0 Å². The molecular formula is C11H21NO2. The molecule has 1 spiro atoms. The summed E-state index contributed by atoms with van der Waals surface area (Å²) >= 11 is 0. The van der Waals surface area contributed by atoms with Crippen molar-refractivity contribution in [1.29, 1.82) is 0 Å². The molecule has 3 nitrogen and oxygen atoms in total. The van der Waals surface area contributed by atoms with Gasteiger partial charge in [-0.25, -0.2) is 0 Å². The lowest BCUT2D eigenvalue weighted by Gasteiger charge is -2.49. The lowest BCUT2D eigenvalue weighted by Crippen LogP contribution is -2.67. The summed E-state index contributed by atoms with van der Waals surface area (Å²) < 4.78 is 11.1. The lowest BCUT2D eigenvalue weighted by molar-refractivity contribution is -0.238. The lowest BCUT2D eigenvalue weighted by atomic mass is 9.87. The van der Waals surface area contributed by atoms with E-state index in [0.29, 0.717) is 6.04 Å². The topological polar surface area (TPSA) is 30.5 Å². The van der Waals surface area contributed by atoms with E-state index in [2.05, 4.69) is 12.2 Å². The molecule has 2 heterocycles. The molecule has 2 aliphatic heterocycles. The Hall–Kier alpha value is -0.120. The molecule has 1 unspecified atom stereocenters. The number of rotatable bonds is 4. The summed E-state index contributed by atoms with van der Waals surface area (Å²) in [5.41, 5.74) is 0.0337. The minimum Gasteiger partial charge on any atom is -0.375 e. The van der Waals surface area contributed by atoms with Gasteiger partial charge in [0.25, 0.3) is 0 Å². The number of unbranched alkanes of at least 4 members (excludes halogenated alkanes) is 2. The molecule has 2 fully saturated rings. The van der Waals surface area contributed by atoms with Crippen LogP contribution in [-0.2, 0) is 9.47 Å². The molecule has 3 heteroatoms. The van der Waals surface area contributed by atoms with Crippen molar-refractivity contribution in [3.8, 4) is 0 Å². The van der Waals surface area contributed by atoms with Crippen LogP contribution in [0.3, 0.4) is 0 Å². The Labute approximate surface area is 86.2 Å². The molecule has 2 saturated heterocycles. The van der Waals surface area contributed by atoms with E-state index >= 15 is 0 Å². The summed E-state index contributed by atoms with van der Waals surface area (Å²) in [6, 6.07) is 0.525. The molecule has 82 valence electrons. The van der Waals surface area contributed by atoms with E-state index in [9.17, 15) is 0 Å². The molecule has 2 aliphatic rings. The monoisotopic (exact) mass is 199 g/mol. The summed E-state index contributed by atoms with van der Waals surface area (Å²) in [4.78, 5) is 0. The number of nitrogens with one attached hydrogen (secondary N) is 1. The van der Waals surface area contributed by atoms with Gasteiger partial charge in [-0.2, -0.15) is 0 Å². The smallest absolute Gasteiger partial charge is 0.130 e. The second-order valence-electron chi connectivity index (χ2n) is 4.41. The highest BCUT2D eigenvalue weighted by atomic mass is 16.6. The summed E-state index contributed by atoms with van der Waals surface area (Å²) in [5.74, 6) is 0. The van der Waals surface area contributed by atoms with Crippen molar-refractivity contribution in [1.82, 2.24) is 5.32 Å². The van der Waals surface area contributed by atoms with Gasteiger partial charge in [0, 0.05) is 12.6 Å². The van der Waals surface area contributed by atoms with Crippen molar-refractivity contribution < 1.29 is 9.47 Å². The van der Waals surface area contributed by atoms with E-state index in [-0.39, 0.29) is 5.60 Å². The standard InChI is InChI=1S/C11H21NO2/c1-2-3-4-5-10-11(8-13-9-11)14-7-6-12-10/h10,12H,2-9H2,1H3. The Morgan fingerprint density at radius 2 is 2.21 bits per heavy atom. The molecule has 2 rings (SSSR count). The van der Waals surface area contributed by atoms with Gasteiger partial charge in [0.1, 0.15) is 5.60 Å². The quantitative estimate of drug-likeness (QED) is 0.693. The first-order chi connectivity index (χ1) is 6.87. The molecule has 0 saturated carbocycles. The predicted molar refractivity (Wildman–Crippen MR) is 55.4 cm³/mol. The molecule has 0 aromatic rings. The fourth-order valence-corrected chi connectivity index (χ4v) is 2.33. The van der Waals surface area contributed by atoms with Gasteiger partial charge in [0.15, 0.2) is 0 Å². The molecule has 14 heavy (non-hydrogen) atoms. The van der Waals surface area contributed by atoms with Crippen molar-refractivity contribution in [2.45, 2.75) is 44.2 Å². The second-order valence-corrected chi connectivity index (χ2v) is 4.41. The van der Waals surface area contributed by atoms with Gasteiger partial charge in [-0.15, -0.1) is 0 Å². The molecule has 0 bridgehead atoms. The van der Waals surface area contributed by atoms with E-state index in [1.165, 1.54) is 25.7 Å². The number of ether oxygens (including phenoxy) is 2. The van der Waals surface area contributed by atoms with Gasteiger partial charge in [-0.1, -0.05) is 26.2 Å². The van der Waals surface area contributed by atoms with Crippen LogP contribution in [-0.4, -0.2) is 38.0 Å². The van der Waals surface area contributed by atoms with Crippen molar-refractivity contribution in [2.24, 2.45) is 0 Å². The Morgan fingerprint density at radius 3 is 2.86 bits per heavy atom. The van der Waals surface area contributed by atoms with Crippen molar-refractivity contribution in [3.63, 3.8) is 0 Å². The van der Waals surface area contributed by atoms with Crippen LogP contribution in [0.25, 0.3) is 0 Å². The number of morpholine rings is 1. The first-order valence-corrected chi connectivity index (χ1v) is 5.82. The van der Waals surface area contributed by atoms with E-state index in [0.717, 1.165) is 26.4 Å². The molecule has 0 aliphatic carbocycles. The highest BCUT2D eigenvalue weighted by Gasteiger charge is 2.48. The third-order valence-corrected chi connectivity index (χ3v) is 3.31. The molecular weight excluding hydrogens is 178 g/mol. The number of hydrogen-bond acceptors (Lipinski definition) is 3. The van der Waals surface area contributed by atoms with Gasteiger partial charge in [-0.3, -0.25) is 0 Å². The van der Waals surface area contributed by atoms with Gasteiger partial charge in [0.05, 0.1) is 19.8 Å². The van der Waals surface area contributed by atoms with E-state index in [1.807, 2.05) is 0 Å². The zero-order chi connectivity index (χ0) is 9.86. The van der Waals surface area contributed by atoms with Crippen LogP contribution in [0.1, 0.15) is 32.6 Å². The average molecular weight is 199 g/mol. The first-order valence-electron chi connectivity index (χ1n) is 5.82. The summed E-state index contributed by atoms with van der Waals surface area (Å²) in [6.45, 7) is 5.66.